The van der Waals surface area contributed by atoms with Crippen molar-refractivity contribution in [2.75, 3.05) is 6.61 Å². The van der Waals surface area contributed by atoms with Crippen molar-refractivity contribution >= 4 is 6.29 Å². The molecule has 0 spiro atoms. The van der Waals surface area contributed by atoms with Gasteiger partial charge in [-0.05, 0) is 13.8 Å². The minimum absolute atomic E-state index is 0.306. The maximum Gasteiger partial charge on any atom is 0.317 e. The highest BCUT2D eigenvalue weighted by molar-refractivity contribution is 5.69. The van der Waals surface area contributed by atoms with E-state index in [9.17, 15) is 4.79 Å². The molecular formula is C7H11N3O2. The van der Waals surface area contributed by atoms with Gasteiger partial charge in [-0.3, -0.25) is 9.36 Å². The summed E-state index contributed by atoms with van der Waals surface area (Å²) in [5, 5.41) is 7.35. The second-order valence-corrected chi connectivity index (χ2v) is 2.14. The van der Waals surface area contributed by atoms with Gasteiger partial charge in [0.2, 0.25) is 0 Å². The number of carbonyl (C=O) groups excluding carboxylic acids is 1. The summed E-state index contributed by atoms with van der Waals surface area (Å²) >= 11 is 0. The normalized spacial score (nSPS) is 9.83. The zero-order chi connectivity index (χ0) is 8.97. The average molecular weight is 169 g/mol. The topological polar surface area (TPSA) is 57.0 Å². The predicted molar refractivity (Wildman–Crippen MR) is 42.3 cm³/mol. The van der Waals surface area contributed by atoms with Crippen molar-refractivity contribution in [2.45, 2.75) is 20.4 Å². The fraction of sp³-hybridized carbons (Fsp3) is 0.571. The molecule has 1 heterocycles. The lowest BCUT2D eigenvalue weighted by atomic mass is 10.6. The number of ether oxygens (including phenoxy) is 1. The lowest BCUT2D eigenvalue weighted by molar-refractivity contribution is 0.111. The molecule has 12 heavy (non-hydrogen) atoms. The molecule has 0 aromatic carbocycles. The summed E-state index contributed by atoms with van der Waals surface area (Å²) in [5.41, 5.74) is 0. The number of carbonyl (C=O) groups is 1. The predicted octanol–water partition coefficient (Wildman–Crippen LogP) is 0.509. The summed E-state index contributed by atoms with van der Waals surface area (Å²) in [6.07, 6.45) is 0.666. The largest absolute Gasteiger partial charge is 0.464 e. The summed E-state index contributed by atoms with van der Waals surface area (Å²) in [4.78, 5) is 10.4. The lowest BCUT2D eigenvalue weighted by Gasteiger charge is -2.03. The monoisotopic (exact) mass is 169 g/mol. The number of rotatable bonds is 4. The molecule has 0 radical (unpaired) electrons. The van der Waals surface area contributed by atoms with E-state index in [0.29, 0.717) is 31.3 Å². The quantitative estimate of drug-likeness (QED) is 0.616. The third kappa shape index (κ3) is 1.44. The second kappa shape index (κ2) is 3.85. The Morgan fingerprint density at radius 2 is 2.25 bits per heavy atom. The summed E-state index contributed by atoms with van der Waals surface area (Å²) in [6.45, 7) is 4.92. The van der Waals surface area contributed by atoms with E-state index >= 15 is 0 Å². The van der Waals surface area contributed by atoms with Crippen molar-refractivity contribution in [1.82, 2.24) is 14.8 Å². The third-order valence-corrected chi connectivity index (χ3v) is 1.44. The highest BCUT2D eigenvalue weighted by Gasteiger charge is 2.09. The van der Waals surface area contributed by atoms with Crippen LogP contribution >= 0.6 is 0 Å². The number of nitrogens with zero attached hydrogens (tertiary/aromatic N) is 3. The van der Waals surface area contributed by atoms with Gasteiger partial charge in [-0.1, -0.05) is 5.10 Å². The van der Waals surface area contributed by atoms with Gasteiger partial charge in [-0.15, -0.1) is 5.10 Å². The third-order valence-electron chi connectivity index (χ3n) is 1.44. The molecule has 0 amide bonds. The van der Waals surface area contributed by atoms with Gasteiger partial charge in [0.15, 0.2) is 12.1 Å². The standard InChI is InChI=1S/C7H11N3O2/c1-3-10-6(5-11)8-9-7(10)12-4-2/h5H,3-4H2,1-2H3. The van der Waals surface area contributed by atoms with Crippen LogP contribution in [0, 0.1) is 0 Å². The van der Waals surface area contributed by atoms with Gasteiger partial charge in [-0.25, -0.2) is 0 Å². The Labute approximate surface area is 70.4 Å². The van der Waals surface area contributed by atoms with E-state index in [1.165, 1.54) is 0 Å². The molecule has 5 nitrogen and oxygen atoms in total. The number of hydrogen-bond donors (Lipinski definition) is 0. The van der Waals surface area contributed by atoms with Gasteiger partial charge in [-0.2, -0.15) is 0 Å². The van der Waals surface area contributed by atoms with Gasteiger partial charge in [0, 0.05) is 6.54 Å². The Kier molecular flexibility index (Phi) is 2.79. The number of aromatic nitrogens is 3. The van der Waals surface area contributed by atoms with Crippen molar-refractivity contribution in [2.24, 2.45) is 0 Å². The van der Waals surface area contributed by atoms with Crippen LogP contribution in [0.1, 0.15) is 24.5 Å². The van der Waals surface area contributed by atoms with E-state index in [-0.39, 0.29) is 0 Å². The summed E-state index contributed by atoms with van der Waals surface area (Å²) in [5.74, 6) is 0.306. The molecule has 0 aliphatic rings. The van der Waals surface area contributed by atoms with Gasteiger partial charge in [0.1, 0.15) is 0 Å². The van der Waals surface area contributed by atoms with E-state index in [1.54, 1.807) is 4.57 Å². The Bertz CT molecular complexity index is 270. The molecule has 1 rings (SSSR count). The molecular weight excluding hydrogens is 158 g/mol. The fourth-order valence-electron chi connectivity index (χ4n) is 0.920. The van der Waals surface area contributed by atoms with E-state index in [4.69, 9.17) is 4.74 Å². The molecule has 0 fully saturated rings. The first-order chi connectivity index (χ1) is 5.83. The Hall–Kier alpha value is -1.39. The van der Waals surface area contributed by atoms with Crippen LogP contribution in [-0.4, -0.2) is 27.7 Å². The molecule has 0 saturated heterocycles. The van der Waals surface area contributed by atoms with Gasteiger partial charge >= 0.3 is 6.01 Å². The van der Waals surface area contributed by atoms with Crippen LogP contribution in [0.25, 0.3) is 0 Å². The van der Waals surface area contributed by atoms with E-state index in [1.807, 2.05) is 13.8 Å². The van der Waals surface area contributed by atoms with Crippen LogP contribution < -0.4 is 4.74 Å². The molecule has 0 saturated carbocycles. The van der Waals surface area contributed by atoms with Crippen LogP contribution in [0.2, 0.25) is 0 Å². The first-order valence-corrected chi connectivity index (χ1v) is 3.84. The van der Waals surface area contributed by atoms with E-state index in [0.717, 1.165) is 0 Å². The highest BCUT2D eigenvalue weighted by Crippen LogP contribution is 2.07. The second-order valence-electron chi connectivity index (χ2n) is 2.14. The minimum atomic E-state index is 0.306. The zero-order valence-corrected chi connectivity index (χ0v) is 7.15. The fourth-order valence-corrected chi connectivity index (χ4v) is 0.920. The molecule has 0 bridgehead atoms. The minimum Gasteiger partial charge on any atom is -0.464 e. The van der Waals surface area contributed by atoms with Crippen molar-refractivity contribution in [3.63, 3.8) is 0 Å². The van der Waals surface area contributed by atoms with Crippen LogP contribution in [0.3, 0.4) is 0 Å². The van der Waals surface area contributed by atoms with E-state index in [2.05, 4.69) is 10.2 Å². The summed E-state index contributed by atoms with van der Waals surface area (Å²) in [7, 11) is 0. The molecule has 1 aromatic rings. The van der Waals surface area contributed by atoms with E-state index < -0.39 is 0 Å². The molecule has 5 heteroatoms. The molecule has 1 aromatic heterocycles. The van der Waals surface area contributed by atoms with Gasteiger partial charge in [0.05, 0.1) is 6.61 Å². The highest BCUT2D eigenvalue weighted by atomic mass is 16.5. The molecule has 66 valence electrons. The van der Waals surface area contributed by atoms with Crippen LogP contribution in [-0.2, 0) is 6.54 Å². The Balaban J connectivity index is 2.96. The molecule has 0 N–H and O–H groups in total. The van der Waals surface area contributed by atoms with Crippen LogP contribution in [0.5, 0.6) is 6.01 Å². The molecule has 0 aliphatic heterocycles. The summed E-state index contributed by atoms with van der Waals surface area (Å²) < 4.78 is 6.76. The smallest absolute Gasteiger partial charge is 0.317 e. The SMILES string of the molecule is CCOc1nnc(C=O)n1CC. The van der Waals surface area contributed by atoms with Crippen LogP contribution in [0.15, 0.2) is 0 Å². The van der Waals surface area contributed by atoms with Crippen LogP contribution in [0.4, 0.5) is 0 Å². The number of aldehydes is 1. The maximum absolute atomic E-state index is 10.4. The maximum atomic E-state index is 10.4. The van der Waals surface area contributed by atoms with Crippen molar-refractivity contribution in [1.29, 1.82) is 0 Å². The molecule has 0 aliphatic carbocycles. The van der Waals surface area contributed by atoms with Crippen molar-refractivity contribution in [3.8, 4) is 6.01 Å². The Morgan fingerprint density at radius 1 is 1.50 bits per heavy atom. The Morgan fingerprint density at radius 3 is 2.75 bits per heavy atom. The number of hydrogen-bond acceptors (Lipinski definition) is 4. The molecule has 0 unspecified atom stereocenters. The average Bonchev–Trinajstić information content (AvgIpc) is 2.47. The first kappa shape index (κ1) is 8.70. The first-order valence-electron chi connectivity index (χ1n) is 3.84. The van der Waals surface area contributed by atoms with Crippen molar-refractivity contribution in [3.05, 3.63) is 5.82 Å². The summed E-state index contributed by atoms with van der Waals surface area (Å²) in [6, 6.07) is 0.405. The molecule has 0 atom stereocenters. The van der Waals surface area contributed by atoms with Gasteiger partial charge < -0.3 is 4.74 Å². The van der Waals surface area contributed by atoms with Crippen molar-refractivity contribution < 1.29 is 9.53 Å². The van der Waals surface area contributed by atoms with Gasteiger partial charge in [0.25, 0.3) is 0 Å². The lowest BCUT2D eigenvalue weighted by Crippen LogP contribution is -2.04. The zero-order valence-electron chi connectivity index (χ0n) is 7.15.